The second kappa shape index (κ2) is 12.7. The van der Waals surface area contributed by atoms with Crippen molar-refractivity contribution in [2.24, 2.45) is 0 Å². The van der Waals surface area contributed by atoms with Gasteiger partial charge < -0.3 is 4.43 Å². The molecule has 0 aliphatic rings. The monoisotopic (exact) mass is 364 g/mol. The average molecular weight is 365 g/mol. The Hall–Kier alpha value is -0.603. The molecule has 0 N–H and O–H groups in total. The van der Waals surface area contributed by atoms with E-state index in [9.17, 15) is 0 Å². The van der Waals surface area contributed by atoms with Crippen molar-refractivity contribution in [3.63, 3.8) is 0 Å². The first kappa shape index (κ1) is 24.4. The summed E-state index contributed by atoms with van der Waals surface area (Å²) in [6, 6.07) is 0. The highest BCUT2D eigenvalue weighted by atomic mass is 28.4. The van der Waals surface area contributed by atoms with E-state index >= 15 is 0 Å². The van der Waals surface area contributed by atoms with E-state index in [1.165, 1.54) is 11.1 Å². The molecule has 0 unspecified atom stereocenters. The van der Waals surface area contributed by atoms with Crippen molar-refractivity contribution >= 4 is 8.32 Å². The van der Waals surface area contributed by atoms with E-state index in [2.05, 4.69) is 86.6 Å². The normalized spacial score (nSPS) is 13.5. The number of unbranched alkanes of at least 4 members (excludes halogenated alkanes) is 1. The largest absolute Gasteiger partial charge is 0.416 e. The van der Waals surface area contributed by atoms with Gasteiger partial charge in [-0.15, -0.1) is 0 Å². The van der Waals surface area contributed by atoms with Gasteiger partial charge in [0.1, 0.15) is 0 Å². The molecule has 0 aromatic heterocycles. The van der Waals surface area contributed by atoms with E-state index in [1.54, 1.807) is 0 Å². The SMILES string of the molecule is CC(C)=CCC/C(C)=C/C=C\CCCO[Si](C(C)C)(C(C)C)C(C)C. The quantitative estimate of drug-likeness (QED) is 0.147. The number of hydrogen-bond donors (Lipinski definition) is 0. The molecule has 0 spiro atoms. The highest BCUT2D eigenvalue weighted by molar-refractivity contribution is 6.77. The Bertz CT molecular complexity index is 415. The summed E-state index contributed by atoms with van der Waals surface area (Å²) in [5.41, 5.74) is 4.89. The Labute approximate surface area is 159 Å². The minimum Gasteiger partial charge on any atom is -0.416 e. The summed E-state index contributed by atoms with van der Waals surface area (Å²) in [5, 5.41) is 0. The summed E-state index contributed by atoms with van der Waals surface area (Å²) >= 11 is 0. The maximum Gasteiger partial charge on any atom is 0.200 e. The van der Waals surface area contributed by atoms with Crippen LogP contribution in [0.1, 0.15) is 88.0 Å². The van der Waals surface area contributed by atoms with Gasteiger partial charge in [0.05, 0.1) is 0 Å². The lowest BCUT2D eigenvalue weighted by Gasteiger charge is -2.42. The van der Waals surface area contributed by atoms with Gasteiger partial charge in [-0.3, -0.25) is 0 Å². The van der Waals surface area contributed by atoms with Crippen molar-refractivity contribution in [2.45, 2.75) is 105 Å². The van der Waals surface area contributed by atoms with Gasteiger partial charge in [0, 0.05) is 6.61 Å². The lowest BCUT2D eigenvalue weighted by Crippen LogP contribution is -2.47. The molecule has 0 bridgehead atoms. The Morgan fingerprint density at radius 2 is 1.44 bits per heavy atom. The van der Waals surface area contributed by atoms with E-state index < -0.39 is 8.32 Å². The molecule has 0 heterocycles. The van der Waals surface area contributed by atoms with E-state index in [-0.39, 0.29) is 0 Å². The molecule has 0 rings (SSSR count). The van der Waals surface area contributed by atoms with Crippen LogP contribution in [0.4, 0.5) is 0 Å². The van der Waals surface area contributed by atoms with Gasteiger partial charge in [-0.1, -0.05) is 77.0 Å². The first-order chi connectivity index (χ1) is 11.6. The van der Waals surface area contributed by atoms with Crippen LogP contribution in [0, 0.1) is 0 Å². The number of rotatable bonds is 12. The van der Waals surface area contributed by atoms with E-state index in [1.807, 2.05) is 0 Å². The predicted octanol–water partition coefficient (Wildman–Crippen LogP) is 8.21. The maximum atomic E-state index is 6.60. The van der Waals surface area contributed by atoms with Gasteiger partial charge in [-0.05, 0) is 63.1 Å². The fourth-order valence-electron chi connectivity index (χ4n) is 3.95. The molecular weight excluding hydrogens is 320 g/mol. The summed E-state index contributed by atoms with van der Waals surface area (Å²) < 4.78 is 6.60. The average Bonchev–Trinajstić information content (AvgIpc) is 2.48. The van der Waals surface area contributed by atoms with E-state index in [4.69, 9.17) is 4.43 Å². The molecule has 1 nitrogen and oxygen atoms in total. The molecule has 0 fully saturated rings. The molecule has 25 heavy (non-hydrogen) atoms. The van der Waals surface area contributed by atoms with Crippen molar-refractivity contribution in [1.29, 1.82) is 0 Å². The van der Waals surface area contributed by atoms with Crippen LogP contribution in [0.3, 0.4) is 0 Å². The van der Waals surface area contributed by atoms with Gasteiger partial charge in [0.25, 0.3) is 0 Å². The van der Waals surface area contributed by atoms with Crippen molar-refractivity contribution in [1.82, 2.24) is 0 Å². The second-order valence-corrected chi connectivity index (χ2v) is 14.0. The highest BCUT2D eigenvalue weighted by Crippen LogP contribution is 2.42. The molecule has 0 saturated carbocycles. The summed E-state index contributed by atoms with van der Waals surface area (Å²) in [4.78, 5) is 0. The van der Waals surface area contributed by atoms with Crippen LogP contribution < -0.4 is 0 Å². The number of allylic oxidation sites excluding steroid dienone is 6. The van der Waals surface area contributed by atoms with Crippen LogP contribution in [-0.4, -0.2) is 14.9 Å². The fourth-order valence-corrected chi connectivity index (χ4v) is 9.45. The summed E-state index contributed by atoms with van der Waals surface area (Å²) in [6.07, 6.45) is 13.6. The van der Waals surface area contributed by atoms with Crippen LogP contribution in [0.25, 0.3) is 0 Å². The molecule has 0 aromatic carbocycles. The van der Waals surface area contributed by atoms with E-state index in [0.717, 1.165) is 32.3 Å². The Balaban J connectivity index is 4.28. The van der Waals surface area contributed by atoms with Gasteiger partial charge in [-0.2, -0.15) is 0 Å². The standard InChI is InChI=1S/C23H44OSi/c1-19(2)15-14-17-23(9)16-12-10-11-13-18-24-25(20(3)4,21(5)6)22(7)8/h10,12,15-16,20-22H,11,13-14,17-18H2,1-9H3/b12-10-,23-16+. The van der Waals surface area contributed by atoms with Crippen molar-refractivity contribution in [2.75, 3.05) is 6.61 Å². The molecule has 0 amide bonds. The third kappa shape index (κ3) is 9.05. The molecule has 0 saturated heterocycles. The summed E-state index contributed by atoms with van der Waals surface area (Å²) in [5.74, 6) is 0. The zero-order valence-corrected chi connectivity index (χ0v) is 19.5. The van der Waals surface area contributed by atoms with Crippen LogP contribution in [0.15, 0.2) is 35.5 Å². The van der Waals surface area contributed by atoms with Crippen LogP contribution >= 0.6 is 0 Å². The van der Waals surface area contributed by atoms with Crippen LogP contribution in [0.5, 0.6) is 0 Å². The van der Waals surface area contributed by atoms with Gasteiger partial charge >= 0.3 is 0 Å². The first-order valence-corrected chi connectivity index (χ1v) is 12.4. The number of hydrogen-bond acceptors (Lipinski definition) is 1. The fraction of sp³-hybridized carbons (Fsp3) is 0.739. The topological polar surface area (TPSA) is 9.23 Å². The molecule has 146 valence electrons. The van der Waals surface area contributed by atoms with Crippen LogP contribution in [-0.2, 0) is 4.43 Å². The molecule has 0 atom stereocenters. The maximum absolute atomic E-state index is 6.60. The molecule has 0 aliphatic heterocycles. The van der Waals surface area contributed by atoms with Gasteiger partial charge in [0.15, 0.2) is 8.32 Å². The van der Waals surface area contributed by atoms with Crippen molar-refractivity contribution in [3.05, 3.63) is 35.5 Å². The molecule has 0 radical (unpaired) electrons. The third-order valence-corrected chi connectivity index (χ3v) is 11.3. The van der Waals surface area contributed by atoms with Crippen LogP contribution in [0.2, 0.25) is 16.6 Å². The van der Waals surface area contributed by atoms with Gasteiger partial charge in [-0.25, -0.2) is 0 Å². The second-order valence-electron chi connectivity index (χ2n) is 8.57. The van der Waals surface area contributed by atoms with E-state index in [0.29, 0.717) is 16.6 Å². The molecule has 0 aromatic rings. The minimum atomic E-state index is -1.68. The summed E-state index contributed by atoms with van der Waals surface area (Å²) in [7, 11) is -1.68. The lowest BCUT2D eigenvalue weighted by atomic mass is 10.1. The Morgan fingerprint density at radius 3 is 1.92 bits per heavy atom. The predicted molar refractivity (Wildman–Crippen MR) is 118 cm³/mol. The minimum absolute atomic E-state index is 0.675. The van der Waals surface area contributed by atoms with Crippen molar-refractivity contribution in [3.8, 4) is 0 Å². The highest BCUT2D eigenvalue weighted by Gasteiger charge is 2.44. The zero-order chi connectivity index (χ0) is 19.5. The Morgan fingerprint density at radius 1 is 0.880 bits per heavy atom. The molecular formula is C23H44OSi. The molecule has 0 aliphatic carbocycles. The third-order valence-electron chi connectivity index (χ3n) is 5.18. The van der Waals surface area contributed by atoms with Crippen molar-refractivity contribution < 1.29 is 4.43 Å². The first-order valence-electron chi connectivity index (χ1n) is 10.2. The van der Waals surface area contributed by atoms with Gasteiger partial charge in [0.2, 0.25) is 0 Å². The lowest BCUT2D eigenvalue weighted by molar-refractivity contribution is 0.273. The smallest absolute Gasteiger partial charge is 0.200 e. The summed E-state index contributed by atoms with van der Waals surface area (Å²) in [6.45, 7) is 21.6. The molecule has 2 heteroatoms. The Kier molecular flexibility index (Phi) is 12.4. The zero-order valence-electron chi connectivity index (χ0n) is 18.5.